The van der Waals surface area contributed by atoms with Gasteiger partial charge in [0.2, 0.25) is 0 Å². The topological polar surface area (TPSA) is 47.1 Å². The van der Waals surface area contributed by atoms with Gasteiger partial charge in [0.15, 0.2) is 7.98 Å². The maximum absolute atomic E-state index is 6.07. The highest BCUT2D eigenvalue weighted by atomic mass is 16.5. The molecule has 0 spiro atoms. The molecule has 6 nitrogen and oxygen atoms in total. The van der Waals surface area contributed by atoms with Gasteiger partial charge in [0.1, 0.15) is 18.1 Å². The number of anilines is 1. The van der Waals surface area contributed by atoms with E-state index in [-0.39, 0.29) is 0 Å². The molecule has 2 aliphatic heterocycles. The summed E-state index contributed by atoms with van der Waals surface area (Å²) in [4.78, 5) is 9.27. The van der Waals surface area contributed by atoms with Crippen LogP contribution in [0.3, 0.4) is 0 Å². The molecular formula is C25H36BN3O3. The summed E-state index contributed by atoms with van der Waals surface area (Å²) in [6.45, 7) is 5.54. The van der Waals surface area contributed by atoms with Gasteiger partial charge in [0, 0.05) is 31.8 Å². The molecule has 4 rings (SSSR count). The van der Waals surface area contributed by atoms with Crippen molar-refractivity contribution in [3.63, 3.8) is 0 Å². The van der Waals surface area contributed by atoms with Crippen LogP contribution in [0.1, 0.15) is 37.7 Å². The first-order valence-electron chi connectivity index (χ1n) is 11.9. The second-order valence-electron chi connectivity index (χ2n) is 9.09. The number of benzene rings is 1. The van der Waals surface area contributed by atoms with Gasteiger partial charge in [-0.15, -0.1) is 0 Å². The van der Waals surface area contributed by atoms with Gasteiger partial charge in [-0.25, -0.2) is 0 Å². The average molecular weight is 437 g/mol. The molecule has 2 aromatic rings. The molecular weight excluding hydrogens is 401 g/mol. The molecule has 1 atom stereocenters. The van der Waals surface area contributed by atoms with E-state index in [0.29, 0.717) is 12.6 Å². The van der Waals surface area contributed by atoms with E-state index >= 15 is 0 Å². The van der Waals surface area contributed by atoms with Crippen LogP contribution < -0.4 is 14.4 Å². The number of ether oxygens (including phenoxy) is 3. The summed E-state index contributed by atoms with van der Waals surface area (Å²) in [5.41, 5.74) is 2.37. The summed E-state index contributed by atoms with van der Waals surface area (Å²) < 4.78 is 17.2. The fourth-order valence-electron chi connectivity index (χ4n) is 4.68. The number of nitrogens with zero attached hydrogens (tertiary/aromatic N) is 3. The van der Waals surface area contributed by atoms with Crippen molar-refractivity contribution < 1.29 is 14.2 Å². The molecule has 3 heterocycles. The van der Waals surface area contributed by atoms with Gasteiger partial charge in [0.25, 0.3) is 0 Å². The minimum Gasteiger partial charge on any atom is -0.497 e. The zero-order valence-corrected chi connectivity index (χ0v) is 19.5. The van der Waals surface area contributed by atoms with Crippen LogP contribution in [0.4, 0.5) is 5.69 Å². The lowest BCUT2D eigenvalue weighted by Crippen LogP contribution is -2.34. The van der Waals surface area contributed by atoms with Gasteiger partial charge in [-0.1, -0.05) is 12.1 Å². The van der Waals surface area contributed by atoms with Gasteiger partial charge in [0.05, 0.1) is 31.8 Å². The van der Waals surface area contributed by atoms with E-state index in [0.717, 1.165) is 50.1 Å². The zero-order chi connectivity index (χ0) is 22.2. The smallest absolute Gasteiger partial charge is 0.185 e. The van der Waals surface area contributed by atoms with Crippen LogP contribution in [-0.4, -0.2) is 63.8 Å². The van der Waals surface area contributed by atoms with Crippen molar-refractivity contribution in [3.05, 3.63) is 48.3 Å². The third-order valence-electron chi connectivity index (χ3n) is 6.89. The summed E-state index contributed by atoms with van der Waals surface area (Å²) in [7, 11) is 3.87. The van der Waals surface area contributed by atoms with Crippen molar-refractivity contribution in [1.82, 2.24) is 9.79 Å². The third-order valence-corrected chi connectivity index (χ3v) is 6.89. The first kappa shape index (κ1) is 22.9. The van der Waals surface area contributed by atoms with E-state index in [9.17, 15) is 0 Å². The van der Waals surface area contributed by atoms with Crippen LogP contribution in [0.25, 0.3) is 0 Å². The minimum absolute atomic E-state index is 0.529. The van der Waals surface area contributed by atoms with Crippen LogP contribution >= 0.6 is 0 Å². The van der Waals surface area contributed by atoms with Crippen LogP contribution in [-0.2, 0) is 11.3 Å². The van der Waals surface area contributed by atoms with Crippen molar-refractivity contribution in [2.24, 2.45) is 5.92 Å². The third kappa shape index (κ3) is 6.39. The number of methoxy groups -OCH3 is 1. The van der Waals surface area contributed by atoms with Gasteiger partial charge in [-0.05, 0) is 62.3 Å². The molecule has 1 aromatic heterocycles. The lowest BCUT2D eigenvalue weighted by molar-refractivity contribution is 0.104. The first-order chi connectivity index (χ1) is 15.7. The second-order valence-corrected chi connectivity index (χ2v) is 9.09. The summed E-state index contributed by atoms with van der Waals surface area (Å²) in [6.07, 6.45) is 9.82. The molecule has 1 aromatic carbocycles. The van der Waals surface area contributed by atoms with E-state index in [2.05, 4.69) is 40.9 Å². The van der Waals surface area contributed by atoms with Gasteiger partial charge < -0.3 is 23.9 Å². The Labute approximate surface area is 193 Å². The van der Waals surface area contributed by atoms with Gasteiger partial charge in [-0.2, -0.15) is 0 Å². The molecule has 7 heteroatoms. The van der Waals surface area contributed by atoms with Crippen molar-refractivity contribution >= 4 is 13.7 Å². The number of piperidine rings is 1. The number of aromatic nitrogens is 1. The highest BCUT2D eigenvalue weighted by Crippen LogP contribution is 2.27. The van der Waals surface area contributed by atoms with Gasteiger partial charge in [-0.3, -0.25) is 4.98 Å². The highest BCUT2D eigenvalue weighted by Gasteiger charge is 2.22. The lowest BCUT2D eigenvalue weighted by atomic mass is 9.94. The number of hydrogen-bond donors (Lipinski definition) is 0. The monoisotopic (exact) mass is 437 g/mol. The van der Waals surface area contributed by atoms with E-state index in [1.807, 2.05) is 24.5 Å². The lowest BCUT2D eigenvalue weighted by Gasteiger charge is -2.33. The summed E-state index contributed by atoms with van der Waals surface area (Å²) in [5, 5.41) is 0. The van der Waals surface area contributed by atoms with Crippen molar-refractivity contribution in [2.45, 2.75) is 44.8 Å². The highest BCUT2D eigenvalue weighted by molar-refractivity contribution is 6.04. The standard InChI is InChI=1S/C25H36BN3O3/c1-30-24-6-4-21(5-7-24)18-31-14-10-20-8-12-28(13-9-20)23-15-25(17-27-16-23)32-19-22-3-2-11-29(22)26/h4-7,15-17,20,22H,2-3,8-14,18-19,26H2,1H3/t22-/m0/s1. The molecule has 0 saturated carbocycles. The number of rotatable bonds is 10. The predicted molar refractivity (Wildman–Crippen MR) is 130 cm³/mol. The maximum Gasteiger partial charge on any atom is 0.185 e. The van der Waals surface area contributed by atoms with E-state index in [4.69, 9.17) is 14.2 Å². The largest absolute Gasteiger partial charge is 0.497 e. The molecule has 2 fully saturated rings. The molecule has 172 valence electrons. The Morgan fingerprint density at radius 2 is 1.84 bits per heavy atom. The first-order valence-corrected chi connectivity index (χ1v) is 11.9. The summed E-state index contributed by atoms with van der Waals surface area (Å²) in [5.74, 6) is 2.50. The molecule has 0 radical (unpaired) electrons. The van der Waals surface area contributed by atoms with E-state index in [1.54, 1.807) is 7.11 Å². The normalized spacial score (nSPS) is 19.9. The Hall–Kier alpha value is -2.25. The molecule has 32 heavy (non-hydrogen) atoms. The predicted octanol–water partition coefficient (Wildman–Crippen LogP) is 3.30. The maximum atomic E-state index is 6.07. The quantitative estimate of drug-likeness (QED) is 0.420. The Kier molecular flexibility index (Phi) is 8.29. The molecule has 2 aliphatic rings. The van der Waals surface area contributed by atoms with E-state index < -0.39 is 0 Å². The molecule has 0 N–H and O–H groups in total. The molecule has 0 unspecified atom stereocenters. The van der Waals surface area contributed by atoms with Crippen LogP contribution in [0.5, 0.6) is 11.5 Å². The number of pyridine rings is 1. The average Bonchev–Trinajstić information content (AvgIpc) is 3.26. The zero-order valence-electron chi connectivity index (χ0n) is 19.5. The molecule has 0 bridgehead atoms. The summed E-state index contributed by atoms with van der Waals surface area (Å²) >= 11 is 0. The Morgan fingerprint density at radius 1 is 1.03 bits per heavy atom. The minimum atomic E-state index is 0.529. The Bertz CT molecular complexity index is 827. The van der Waals surface area contributed by atoms with Gasteiger partial charge >= 0.3 is 0 Å². The van der Waals surface area contributed by atoms with E-state index in [1.165, 1.54) is 43.5 Å². The van der Waals surface area contributed by atoms with Crippen LogP contribution in [0, 0.1) is 5.92 Å². The van der Waals surface area contributed by atoms with Crippen molar-refractivity contribution in [2.75, 3.05) is 44.9 Å². The SMILES string of the molecule is BN1CCC[C@H]1COc1cncc(N2CCC(CCOCc3ccc(OC)cc3)CC2)c1. The van der Waals surface area contributed by atoms with Crippen molar-refractivity contribution in [3.8, 4) is 11.5 Å². The second kappa shape index (κ2) is 11.6. The Balaban J connectivity index is 1.16. The molecule has 0 amide bonds. The Morgan fingerprint density at radius 3 is 2.56 bits per heavy atom. The number of hydrogen-bond acceptors (Lipinski definition) is 6. The van der Waals surface area contributed by atoms with Crippen LogP contribution in [0.2, 0.25) is 0 Å². The fourth-order valence-corrected chi connectivity index (χ4v) is 4.68. The van der Waals surface area contributed by atoms with Crippen LogP contribution in [0.15, 0.2) is 42.7 Å². The molecule has 0 aliphatic carbocycles. The fraction of sp³-hybridized carbons (Fsp3) is 0.560. The molecule has 2 saturated heterocycles. The van der Waals surface area contributed by atoms with Crippen molar-refractivity contribution in [1.29, 1.82) is 0 Å². The summed E-state index contributed by atoms with van der Waals surface area (Å²) in [6, 6.07) is 10.8.